The van der Waals surface area contributed by atoms with Crippen molar-refractivity contribution in [1.29, 1.82) is 0 Å². The van der Waals surface area contributed by atoms with E-state index < -0.39 is 17.4 Å². The Balaban J connectivity index is 1.72. The largest absolute Gasteiger partial charge is 0.368 e. The SMILES string of the molecule is NC(=O)[C@@H](Cc1ccc(Cl)cc1)NC(=O)CC(c1ccccc1)(c1ccccc1)c1ccccc1. The number of halogens is 1. The standard InChI is InChI=1S/C30H27ClN2O2/c31-26-18-16-22(17-19-26)20-27(29(32)35)33-28(34)21-30(23-10-4-1-5-11-23,24-12-6-2-7-13-24)25-14-8-3-9-15-25/h1-19,27H,20-21H2,(H2,32,35)(H,33,34)/t27-/m1/s1. The molecule has 0 bridgehead atoms. The molecule has 35 heavy (non-hydrogen) atoms. The third kappa shape index (κ3) is 5.61. The van der Waals surface area contributed by atoms with Gasteiger partial charge in [-0.15, -0.1) is 0 Å². The van der Waals surface area contributed by atoms with Gasteiger partial charge in [0.25, 0.3) is 0 Å². The second-order valence-corrected chi connectivity index (χ2v) is 8.97. The van der Waals surface area contributed by atoms with Crippen molar-refractivity contribution in [3.63, 3.8) is 0 Å². The molecule has 4 aromatic carbocycles. The van der Waals surface area contributed by atoms with Crippen molar-refractivity contribution in [3.05, 3.63) is 143 Å². The Morgan fingerprint density at radius 1 is 0.714 bits per heavy atom. The van der Waals surface area contributed by atoms with E-state index in [1.165, 1.54) is 0 Å². The predicted octanol–water partition coefficient (Wildman–Crippen LogP) is 5.28. The van der Waals surface area contributed by atoms with E-state index in [4.69, 9.17) is 17.3 Å². The zero-order valence-electron chi connectivity index (χ0n) is 19.2. The second kappa shape index (κ2) is 11.0. The first-order valence-electron chi connectivity index (χ1n) is 11.5. The van der Waals surface area contributed by atoms with Gasteiger partial charge in [-0.1, -0.05) is 115 Å². The molecule has 3 N–H and O–H groups in total. The highest BCUT2D eigenvalue weighted by molar-refractivity contribution is 6.30. The van der Waals surface area contributed by atoms with Crippen LogP contribution in [0.25, 0.3) is 0 Å². The zero-order chi connectivity index (χ0) is 24.7. The molecule has 5 heteroatoms. The number of carbonyl (C=O) groups is 2. The molecule has 0 aromatic heterocycles. The third-order valence-electron chi connectivity index (χ3n) is 6.26. The van der Waals surface area contributed by atoms with Crippen molar-refractivity contribution < 1.29 is 9.59 Å². The van der Waals surface area contributed by atoms with Gasteiger partial charge in [-0.2, -0.15) is 0 Å². The summed E-state index contributed by atoms with van der Waals surface area (Å²) in [6.07, 6.45) is 0.392. The van der Waals surface area contributed by atoms with Crippen LogP contribution in [0.3, 0.4) is 0 Å². The summed E-state index contributed by atoms with van der Waals surface area (Å²) >= 11 is 5.98. The van der Waals surface area contributed by atoms with Crippen LogP contribution in [0.5, 0.6) is 0 Å². The molecular formula is C30H27ClN2O2. The van der Waals surface area contributed by atoms with Gasteiger partial charge in [-0.05, 0) is 34.4 Å². The quantitative estimate of drug-likeness (QED) is 0.319. The molecule has 4 rings (SSSR count). The minimum absolute atomic E-state index is 0.107. The van der Waals surface area contributed by atoms with Crippen molar-refractivity contribution in [2.75, 3.05) is 0 Å². The van der Waals surface area contributed by atoms with Gasteiger partial charge in [0, 0.05) is 17.9 Å². The molecule has 2 amide bonds. The average Bonchev–Trinajstić information content (AvgIpc) is 2.89. The molecule has 4 nitrogen and oxygen atoms in total. The fourth-order valence-corrected chi connectivity index (χ4v) is 4.67. The average molecular weight is 483 g/mol. The third-order valence-corrected chi connectivity index (χ3v) is 6.51. The summed E-state index contributed by atoms with van der Waals surface area (Å²) < 4.78 is 0. The number of rotatable bonds is 9. The van der Waals surface area contributed by atoms with Gasteiger partial charge < -0.3 is 11.1 Å². The normalized spacial score (nSPS) is 12.0. The smallest absolute Gasteiger partial charge is 0.240 e. The van der Waals surface area contributed by atoms with Crippen LogP contribution in [0.2, 0.25) is 5.02 Å². The number of primary amides is 1. The Morgan fingerprint density at radius 2 is 1.14 bits per heavy atom. The van der Waals surface area contributed by atoms with Crippen molar-refractivity contribution in [1.82, 2.24) is 5.32 Å². The van der Waals surface area contributed by atoms with E-state index in [1.807, 2.05) is 103 Å². The van der Waals surface area contributed by atoms with Crippen LogP contribution in [-0.2, 0) is 21.4 Å². The molecule has 1 atom stereocenters. The van der Waals surface area contributed by atoms with Crippen LogP contribution in [0.1, 0.15) is 28.7 Å². The molecule has 0 spiro atoms. The highest BCUT2D eigenvalue weighted by Crippen LogP contribution is 2.42. The topological polar surface area (TPSA) is 72.2 Å². The summed E-state index contributed by atoms with van der Waals surface area (Å²) in [6.45, 7) is 0. The Hall–Kier alpha value is -3.89. The Bertz CT molecular complexity index is 1160. The van der Waals surface area contributed by atoms with Crippen molar-refractivity contribution in [3.8, 4) is 0 Å². The second-order valence-electron chi connectivity index (χ2n) is 8.53. The Morgan fingerprint density at radius 3 is 1.54 bits per heavy atom. The summed E-state index contributed by atoms with van der Waals surface area (Å²) in [5, 5.41) is 3.50. The van der Waals surface area contributed by atoms with E-state index in [2.05, 4.69) is 5.32 Å². The first kappa shape index (κ1) is 24.2. The molecule has 0 aliphatic heterocycles. The molecule has 0 aliphatic rings. The molecule has 0 unspecified atom stereocenters. The van der Waals surface area contributed by atoms with E-state index in [9.17, 15) is 9.59 Å². The molecule has 0 saturated heterocycles. The number of benzene rings is 4. The highest BCUT2D eigenvalue weighted by Gasteiger charge is 2.39. The lowest BCUT2D eigenvalue weighted by molar-refractivity contribution is -0.127. The first-order valence-corrected chi connectivity index (χ1v) is 11.9. The molecule has 4 aromatic rings. The molecule has 0 radical (unpaired) electrons. The van der Waals surface area contributed by atoms with E-state index in [-0.39, 0.29) is 18.7 Å². The van der Waals surface area contributed by atoms with Gasteiger partial charge in [-0.25, -0.2) is 0 Å². The maximum absolute atomic E-state index is 13.6. The molecular weight excluding hydrogens is 456 g/mol. The van der Waals surface area contributed by atoms with Crippen LogP contribution < -0.4 is 11.1 Å². The number of nitrogens with one attached hydrogen (secondary N) is 1. The van der Waals surface area contributed by atoms with Crippen molar-refractivity contribution in [2.45, 2.75) is 24.3 Å². The summed E-state index contributed by atoms with van der Waals surface area (Å²) in [6, 6.07) is 36.2. The minimum atomic E-state index is -0.844. The maximum Gasteiger partial charge on any atom is 0.240 e. The minimum Gasteiger partial charge on any atom is -0.368 e. The Kier molecular flexibility index (Phi) is 7.64. The van der Waals surface area contributed by atoms with E-state index in [0.29, 0.717) is 5.02 Å². The van der Waals surface area contributed by atoms with Gasteiger partial charge >= 0.3 is 0 Å². The maximum atomic E-state index is 13.6. The van der Waals surface area contributed by atoms with Gasteiger partial charge in [0.1, 0.15) is 6.04 Å². The van der Waals surface area contributed by atoms with Crippen LogP contribution in [0.15, 0.2) is 115 Å². The number of nitrogens with two attached hydrogens (primary N) is 1. The van der Waals surface area contributed by atoms with Crippen molar-refractivity contribution >= 4 is 23.4 Å². The van der Waals surface area contributed by atoms with Crippen LogP contribution in [0, 0.1) is 0 Å². The number of carbonyl (C=O) groups excluding carboxylic acids is 2. The lowest BCUT2D eigenvalue weighted by Crippen LogP contribution is -2.48. The van der Waals surface area contributed by atoms with Gasteiger partial charge in [0.2, 0.25) is 11.8 Å². The molecule has 0 aliphatic carbocycles. The van der Waals surface area contributed by atoms with Gasteiger partial charge in [-0.3, -0.25) is 9.59 Å². The fraction of sp³-hybridized carbons (Fsp3) is 0.133. The summed E-state index contributed by atoms with van der Waals surface area (Å²) in [4.78, 5) is 25.9. The van der Waals surface area contributed by atoms with Crippen LogP contribution in [-0.4, -0.2) is 17.9 Å². The van der Waals surface area contributed by atoms with Crippen LogP contribution in [0.4, 0.5) is 0 Å². The highest BCUT2D eigenvalue weighted by atomic mass is 35.5. The number of hydrogen-bond donors (Lipinski definition) is 2. The fourth-order valence-electron chi connectivity index (χ4n) is 4.54. The molecule has 0 fully saturated rings. The first-order chi connectivity index (χ1) is 17.0. The summed E-state index contributed by atoms with van der Waals surface area (Å²) in [5.41, 5.74) is 8.75. The van der Waals surface area contributed by atoms with Crippen LogP contribution >= 0.6 is 11.6 Å². The van der Waals surface area contributed by atoms with Gasteiger partial charge in [0.15, 0.2) is 0 Å². The van der Waals surface area contributed by atoms with Gasteiger partial charge in [0.05, 0.1) is 5.41 Å². The summed E-state index contributed by atoms with van der Waals surface area (Å²) in [5.74, 6) is -0.850. The monoisotopic (exact) mass is 482 g/mol. The number of hydrogen-bond acceptors (Lipinski definition) is 2. The molecule has 176 valence electrons. The predicted molar refractivity (Wildman–Crippen MR) is 140 cm³/mol. The summed E-state index contributed by atoms with van der Waals surface area (Å²) in [7, 11) is 0. The molecule has 0 heterocycles. The van der Waals surface area contributed by atoms with E-state index in [0.717, 1.165) is 22.3 Å². The zero-order valence-corrected chi connectivity index (χ0v) is 20.0. The lowest BCUT2D eigenvalue weighted by Gasteiger charge is -2.36. The number of amides is 2. The van der Waals surface area contributed by atoms with Crippen molar-refractivity contribution in [2.24, 2.45) is 5.73 Å². The molecule has 0 saturated carbocycles. The van der Waals surface area contributed by atoms with E-state index >= 15 is 0 Å². The van der Waals surface area contributed by atoms with E-state index in [1.54, 1.807) is 12.1 Å². The Labute approximate surface area is 210 Å². The lowest BCUT2D eigenvalue weighted by atomic mass is 9.67.